The Morgan fingerprint density at radius 3 is 2.00 bits per heavy atom. The molecule has 0 radical (unpaired) electrons. The number of hydrogen-bond donors (Lipinski definition) is 0. The summed E-state index contributed by atoms with van der Waals surface area (Å²) in [5, 5.41) is 2.56. The first-order chi connectivity index (χ1) is 26.3. The topological polar surface area (TPSA) is 0 Å². The molecule has 6 aromatic carbocycles. The molecule has 0 saturated heterocycles. The van der Waals surface area contributed by atoms with Gasteiger partial charge in [0.2, 0.25) is 0 Å². The minimum atomic E-state index is 0.0937. The molecule has 1 atom stereocenters. The number of rotatable bonds is 8. The molecule has 0 N–H and O–H groups in total. The highest BCUT2D eigenvalue weighted by atomic mass is 14.3. The van der Waals surface area contributed by atoms with Gasteiger partial charge < -0.3 is 0 Å². The van der Waals surface area contributed by atoms with Gasteiger partial charge in [-0.3, -0.25) is 0 Å². The van der Waals surface area contributed by atoms with Crippen molar-refractivity contribution < 1.29 is 0 Å². The van der Waals surface area contributed by atoms with Crippen LogP contribution < -0.4 is 0 Å². The van der Waals surface area contributed by atoms with Crippen molar-refractivity contribution in [2.45, 2.75) is 71.6 Å². The molecule has 0 nitrogen and oxygen atoms in total. The van der Waals surface area contributed by atoms with Gasteiger partial charge in [0.05, 0.1) is 0 Å². The summed E-state index contributed by atoms with van der Waals surface area (Å²) in [5.74, 6) is 0.263. The summed E-state index contributed by atoms with van der Waals surface area (Å²) in [4.78, 5) is 0. The lowest BCUT2D eigenvalue weighted by Gasteiger charge is -2.28. The minimum Gasteiger partial charge on any atom is -0.0984 e. The van der Waals surface area contributed by atoms with Gasteiger partial charge in [0.15, 0.2) is 0 Å². The van der Waals surface area contributed by atoms with Crippen molar-refractivity contribution in [3.05, 3.63) is 208 Å². The third-order valence-corrected chi connectivity index (χ3v) is 11.3. The van der Waals surface area contributed by atoms with Crippen LogP contribution in [0.1, 0.15) is 110 Å². The van der Waals surface area contributed by atoms with E-state index < -0.39 is 0 Å². The molecule has 0 amide bonds. The van der Waals surface area contributed by atoms with Gasteiger partial charge in [0, 0.05) is 5.92 Å². The molecule has 0 heterocycles. The Morgan fingerprint density at radius 1 is 0.691 bits per heavy atom. The highest BCUT2D eigenvalue weighted by Crippen LogP contribution is 2.46. The standard InChI is InChI=1S/C55H54/c1-10-47-38(3)52(50-22-13-14-23-51(50)53(47)49-24-16-18-41-17-11-12-21-48(41)49)44-20-15-19-42(36-44)43(28-25-39-26-31-45(32-27-39)54(4,5)6)35-37(2)40-29-33-46(34-30-40)55(7,8)9/h10-23,25-36,49H,1-2,24H2,3-9H3/b28-25+,43-35+. The van der Waals surface area contributed by atoms with E-state index >= 15 is 0 Å². The highest BCUT2D eigenvalue weighted by Gasteiger charge is 2.26. The molecule has 0 fully saturated rings. The lowest BCUT2D eigenvalue weighted by atomic mass is 9.75. The summed E-state index contributed by atoms with van der Waals surface area (Å²) >= 11 is 0. The smallest absolute Gasteiger partial charge is 0.0142 e. The van der Waals surface area contributed by atoms with Gasteiger partial charge in [-0.25, -0.2) is 0 Å². The van der Waals surface area contributed by atoms with Gasteiger partial charge in [-0.15, -0.1) is 0 Å². The summed E-state index contributed by atoms with van der Waals surface area (Å²) in [6.45, 7) is 24.8. The lowest BCUT2D eigenvalue weighted by Crippen LogP contribution is -2.10. The minimum absolute atomic E-state index is 0.0937. The molecule has 0 aromatic heterocycles. The van der Waals surface area contributed by atoms with Crippen molar-refractivity contribution in [3.8, 4) is 11.1 Å². The zero-order valence-electron chi connectivity index (χ0n) is 33.7. The quantitative estimate of drug-likeness (QED) is 0.138. The Hall–Kier alpha value is -5.72. The number of allylic oxidation sites excluding steroid dienone is 5. The lowest BCUT2D eigenvalue weighted by molar-refractivity contribution is 0.590. The van der Waals surface area contributed by atoms with Crippen molar-refractivity contribution in [1.82, 2.24) is 0 Å². The van der Waals surface area contributed by atoms with Crippen LogP contribution in [0.5, 0.6) is 0 Å². The fourth-order valence-electron chi connectivity index (χ4n) is 8.16. The van der Waals surface area contributed by atoms with Crippen LogP contribution in [-0.2, 0) is 10.8 Å². The Balaban J connectivity index is 1.35. The van der Waals surface area contributed by atoms with Gasteiger partial charge in [-0.1, -0.05) is 200 Å². The van der Waals surface area contributed by atoms with Crippen LogP contribution in [0.15, 0.2) is 153 Å². The van der Waals surface area contributed by atoms with Crippen LogP contribution in [0.3, 0.4) is 0 Å². The molecule has 0 spiro atoms. The summed E-state index contributed by atoms with van der Waals surface area (Å²) in [7, 11) is 0. The number of hydrogen-bond acceptors (Lipinski definition) is 0. The highest BCUT2D eigenvalue weighted by molar-refractivity contribution is 6.04. The van der Waals surface area contributed by atoms with Gasteiger partial charge in [-0.05, 0) is 125 Å². The average molecular weight is 715 g/mol. The Kier molecular flexibility index (Phi) is 10.4. The van der Waals surface area contributed by atoms with E-state index in [1.165, 1.54) is 66.4 Å². The van der Waals surface area contributed by atoms with Crippen LogP contribution in [0.25, 0.3) is 51.3 Å². The maximum atomic E-state index is 4.58. The normalized spacial score (nSPS) is 14.7. The van der Waals surface area contributed by atoms with Gasteiger partial charge in [0.1, 0.15) is 0 Å². The Morgan fingerprint density at radius 2 is 1.33 bits per heavy atom. The van der Waals surface area contributed by atoms with Gasteiger partial charge >= 0.3 is 0 Å². The number of benzene rings is 6. The molecule has 1 unspecified atom stereocenters. The molecule has 0 heteroatoms. The Labute approximate surface area is 330 Å². The molecule has 0 aliphatic heterocycles. The van der Waals surface area contributed by atoms with Crippen molar-refractivity contribution in [2.24, 2.45) is 0 Å². The average Bonchev–Trinajstić information content (AvgIpc) is 3.18. The van der Waals surface area contributed by atoms with E-state index in [0.29, 0.717) is 0 Å². The summed E-state index contributed by atoms with van der Waals surface area (Å²) in [6.07, 6.45) is 14.4. The first-order valence-electron chi connectivity index (χ1n) is 19.7. The molecule has 1 aliphatic carbocycles. The van der Waals surface area contributed by atoms with Crippen LogP contribution in [0, 0.1) is 6.92 Å². The molecule has 0 bridgehead atoms. The van der Waals surface area contributed by atoms with E-state index in [1.807, 2.05) is 0 Å². The SMILES string of the molecule is C=Cc1c(C)c(-c2cccc(C(/C=C/c3ccc(C(C)(C)C)cc3)=C/C(=C)c3ccc(C(C)(C)C)cc3)c2)c2ccccc2c1C1CC=Cc2ccccc21. The van der Waals surface area contributed by atoms with Crippen molar-refractivity contribution in [2.75, 3.05) is 0 Å². The van der Waals surface area contributed by atoms with E-state index in [0.717, 1.165) is 28.7 Å². The van der Waals surface area contributed by atoms with Crippen LogP contribution in [0.2, 0.25) is 0 Å². The van der Waals surface area contributed by atoms with Crippen molar-refractivity contribution in [3.63, 3.8) is 0 Å². The molecule has 1 aliphatic rings. The second-order valence-corrected chi connectivity index (χ2v) is 17.1. The molecule has 6 aromatic rings. The predicted octanol–water partition coefficient (Wildman–Crippen LogP) is 15.4. The first kappa shape index (κ1) is 37.6. The van der Waals surface area contributed by atoms with Crippen molar-refractivity contribution >= 4 is 40.1 Å². The first-order valence-corrected chi connectivity index (χ1v) is 19.7. The van der Waals surface area contributed by atoms with E-state index in [9.17, 15) is 0 Å². The summed E-state index contributed by atoms with van der Waals surface area (Å²) in [5.41, 5.74) is 17.4. The maximum Gasteiger partial charge on any atom is 0.0142 e. The fraction of sp³-hybridized carbons (Fsp3) is 0.200. The van der Waals surface area contributed by atoms with Gasteiger partial charge in [0.25, 0.3) is 0 Å². The van der Waals surface area contributed by atoms with Crippen molar-refractivity contribution in [1.29, 1.82) is 0 Å². The molecular weight excluding hydrogens is 661 g/mol. The molecule has 55 heavy (non-hydrogen) atoms. The maximum absolute atomic E-state index is 4.58. The third kappa shape index (κ3) is 7.78. The number of fused-ring (bicyclic) bond motifs is 2. The van der Waals surface area contributed by atoms with E-state index in [4.69, 9.17) is 0 Å². The van der Waals surface area contributed by atoms with Crippen LogP contribution in [0.4, 0.5) is 0 Å². The molecule has 0 saturated carbocycles. The van der Waals surface area contributed by atoms with Crippen LogP contribution in [-0.4, -0.2) is 0 Å². The zero-order valence-corrected chi connectivity index (χ0v) is 33.7. The van der Waals surface area contributed by atoms with Crippen LogP contribution >= 0.6 is 0 Å². The molecule has 7 rings (SSSR count). The Bertz CT molecular complexity index is 2480. The fourth-order valence-corrected chi connectivity index (χ4v) is 8.16. The monoisotopic (exact) mass is 714 g/mol. The van der Waals surface area contributed by atoms with E-state index in [-0.39, 0.29) is 16.7 Å². The molecular formula is C55H54. The third-order valence-electron chi connectivity index (χ3n) is 11.3. The zero-order chi connectivity index (χ0) is 38.9. The molecule has 274 valence electrons. The second-order valence-electron chi connectivity index (χ2n) is 17.1. The summed E-state index contributed by atoms with van der Waals surface area (Å²) < 4.78 is 0. The van der Waals surface area contributed by atoms with E-state index in [1.54, 1.807) is 0 Å². The predicted molar refractivity (Wildman–Crippen MR) is 242 cm³/mol. The van der Waals surface area contributed by atoms with E-state index in [2.05, 4.69) is 219 Å². The van der Waals surface area contributed by atoms with Gasteiger partial charge in [-0.2, -0.15) is 0 Å². The largest absolute Gasteiger partial charge is 0.0984 e. The second kappa shape index (κ2) is 15.2. The summed E-state index contributed by atoms with van der Waals surface area (Å²) in [6, 6.07) is 44.6.